The standard InChI is InChI=1S/C7H16NO2.ClH.H3O4P/c1-7(9)10-6-5-8(2,3)4;;1-5(2,3)4/h5-6H2,1-4H3;1H;(H3,1,2,3,4)/q+1;;. The maximum atomic E-state index is 10.3. The van der Waals surface area contributed by atoms with E-state index in [2.05, 4.69) is 21.1 Å². The molecule has 0 atom stereocenters. The summed E-state index contributed by atoms with van der Waals surface area (Å²) in [5, 5.41) is 0. The minimum Gasteiger partial charge on any atom is -0.460 e. The molecule has 100 valence electrons. The van der Waals surface area contributed by atoms with Crippen LogP contribution in [0.3, 0.4) is 0 Å². The quantitative estimate of drug-likeness (QED) is 0.374. The van der Waals surface area contributed by atoms with Crippen LogP contribution in [0.4, 0.5) is 0 Å². The minimum atomic E-state index is -4.64. The van der Waals surface area contributed by atoms with Gasteiger partial charge in [0.05, 0.1) is 21.1 Å². The molecule has 0 saturated carbocycles. The van der Waals surface area contributed by atoms with E-state index in [1.54, 1.807) is 0 Å². The molecule has 0 aromatic rings. The van der Waals surface area contributed by atoms with Crippen molar-refractivity contribution in [2.45, 2.75) is 6.92 Å². The van der Waals surface area contributed by atoms with Gasteiger partial charge in [0.2, 0.25) is 0 Å². The molecular formula is C7H20ClNO6P+. The Balaban J connectivity index is -0.000000242. The fourth-order valence-electron chi connectivity index (χ4n) is 0.463. The molecule has 0 aliphatic carbocycles. The molecule has 0 rings (SSSR count). The number of rotatable bonds is 3. The van der Waals surface area contributed by atoms with Crippen LogP contribution >= 0.6 is 20.2 Å². The van der Waals surface area contributed by atoms with Crippen molar-refractivity contribution in [1.29, 1.82) is 0 Å². The highest BCUT2D eigenvalue weighted by molar-refractivity contribution is 7.45. The molecule has 0 radical (unpaired) electrons. The predicted molar refractivity (Wildman–Crippen MR) is 61.0 cm³/mol. The third-order valence-electron chi connectivity index (χ3n) is 1.07. The first kappa shape index (κ1) is 21.1. The largest absolute Gasteiger partial charge is 0.466 e. The van der Waals surface area contributed by atoms with Gasteiger partial charge in [0, 0.05) is 6.92 Å². The second-order valence-electron chi connectivity index (χ2n) is 3.87. The van der Waals surface area contributed by atoms with Gasteiger partial charge >= 0.3 is 13.8 Å². The Morgan fingerprint density at radius 1 is 1.25 bits per heavy atom. The molecule has 0 amide bonds. The minimum absolute atomic E-state index is 0. The number of likely N-dealkylation sites (N-methyl/N-ethyl adjacent to an activating group) is 1. The van der Waals surface area contributed by atoms with Crippen molar-refractivity contribution in [3.05, 3.63) is 0 Å². The molecule has 0 saturated heterocycles. The zero-order valence-corrected chi connectivity index (χ0v) is 11.5. The van der Waals surface area contributed by atoms with Gasteiger partial charge < -0.3 is 23.9 Å². The lowest BCUT2D eigenvalue weighted by Crippen LogP contribution is -2.37. The fraction of sp³-hybridized carbons (Fsp3) is 0.857. The fourth-order valence-corrected chi connectivity index (χ4v) is 0.463. The van der Waals surface area contributed by atoms with Crippen molar-refractivity contribution in [2.24, 2.45) is 0 Å². The zero-order valence-electron chi connectivity index (χ0n) is 9.78. The third-order valence-corrected chi connectivity index (χ3v) is 1.07. The first-order valence-corrected chi connectivity index (χ1v) is 5.70. The summed E-state index contributed by atoms with van der Waals surface area (Å²) < 4.78 is 14.5. The number of quaternary nitrogens is 1. The Kier molecular flexibility index (Phi) is 11.8. The number of nitrogens with zero attached hydrogens (tertiary/aromatic N) is 1. The van der Waals surface area contributed by atoms with Gasteiger partial charge in [0.15, 0.2) is 0 Å². The Morgan fingerprint density at radius 3 is 1.75 bits per heavy atom. The number of hydrogen-bond acceptors (Lipinski definition) is 3. The summed E-state index contributed by atoms with van der Waals surface area (Å²) in [4.78, 5) is 31.9. The molecule has 0 fully saturated rings. The van der Waals surface area contributed by atoms with E-state index in [0.717, 1.165) is 11.0 Å². The highest BCUT2D eigenvalue weighted by atomic mass is 35.5. The molecule has 0 bridgehead atoms. The maximum absolute atomic E-state index is 10.3. The summed E-state index contributed by atoms with van der Waals surface area (Å²) >= 11 is 0. The van der Waals surface area contributed by atoms with Crippen LogP contribution in [-0.4, -0.2) is 59.4 Å². The van der Waals surface area contributed by atoms with Crippen LogP contribution in [0.25, 0.3) is 0 Å². The highest BCUT2D eigenvalue weighted by Crippen LogP contribution is 2.25. The second kappa shape index (κ2) is 8.92. The topological polar surface area (TPSA) is 104 Å². The van der Waals surface area contributed by atoms with Gasteiger partial charge in [0.25, 0.3) is 0 Å². The maximum Gasteiger partial charge on any atom is 0.466 e. The Bertz CT molecular complexity index is 227. The van der Waals surface area contributed by atoms with Gasteiger partial charge in [-0.1, -0.05) is 0 Å². The Hall–Kier alpha value is -0.170. The normalized spacial score (nSPS) is 10.7. The molecule has 0 aliphatic rings. The third kappa shape index (κ3) is 48.8. The average molecular weight is 281 g/mol. The summed E-state index contributed by atoms with van der Waals surface area (Å²) in [6, 6.07) is 0. The molecule has 3 N–H and O–H groups in total. The summed E-state index contributed by atoms with van der Waals surface area (Å²) in [5.41, 5.74) is 0. The molecule has 0 aliphatic heterocycles. The van der Waals surface area contributed by atoms with Crippen LogP contribution in [0.5, 0.6) is 0 Å². The molecule has 9 heteroatoms. The molecule has 0 aromatic carbocycles. The lowest BCUT2D eigenvalue weighted by Gasteiger charge is -2.23. The summed E-state index contributed by atoms with van der Waals surface area (Å²) in [5.74, 6) is -0.201. The number of phosphoric acid groups is 1. The van der Waals surface area contributed by atoms with Gasteiger partial charge in [-0.25, -0.2) is 4.57 Å². The molecule has 0 unspecified atom stereocenters. The van der Waals surface area contributed by atoms with Crippen molar-refractivity contribution in [1.82, 2.24) is 0 Å². The molecule has 16 heavy (non-hydrogen) atoms. The van der Waals surface area contributed by atoms with Crippen molar-refractivity contribution >= 4 is 26.2 Å². The van der Waals surface area contributed by atoms with Gasteiger partial charge in [-0.05, 0) is 0 Å². The first-order chi connectivity index (χ1) is 6.42. The van der Waals surface area contributed by atoms with Crippen LogP contribution in [0.1, 0.15) is 6.92 Å². The molecule has 7 nitrogen and oxygen atoms in total. The van der Waals surface area contributed by atoms with E-state index in [9.17, 15) is 4.79 Å². The molecule has 0 aromatic heterocycles. The van der Waals surface area contributed by atoms with Crippen molar-refractivity contribution in [3.63, 3.8) is 0 Å². The van der Waals surface area contributed by atoms with E-state index in [1.165, 1.54) is 6.92 Å². The predicted octanol–water partition coefficient (Wildman–Crippen LogP) is -0.251. The summed E-state index contributed by atoms with van der Waals surface area (Å²) in [6.45, 7) is 2.80. The number of ether oxygens (including phenoxy) is 1. The van der Waals surface area contributed by atoms with Crippen LogP contribution in [0.2, 0.25) is 0 Å². The summed E-state index contributed by atoms with van der Waals surface area (Å²) in [7, 11) is 1.54. The number of esters is 1. The Morgan fingerprint density at radius 2 is 1.56 bits per heavy atom. The SMILES string of the molecule is CC(=O)OCC[N+](C)(C)C.Cl.O=P(O)(O)O. The lowest BCUT2D eigenvalue weighted by atomic mass is 10.5. The lowest BCUT2D eigenvalue weighted by molar-refractivity contribution is -0.870. The molecule has 0 heterocycles. The number of carbonyl (C=O) groups is 1. The van der Waals surface area contributed by atoms with E-state index in [-0.39, 0.29) is 18.4 Å². The molecule has 0 spiro atoms. The van der Waals surface area contributed by atoms with Gasteiger partial charge in [0.1, 0.15) is 13.2 Å². The number of halogens is 1. The average Bonchev–Trinajstić information content (AvgIpc) is 1.77. The summed E-state index contributed by atoms with van der Waals surface area (Å²) in [6.07, 6.45) is 0. The van der Waals surface area contributed by atoms with Gasteiger partial charge in [-0.3, -0.25) is 4.79 Å². The number of carbonyl (C=O) groups excluding carboxylic acids is 1. The molecular weight excluding hydrogens is 261 g/mol. The van der Waals surface area contributed by atoms with Crippen molar-refractivity contribution in [2.75, 3.05) is 34.3 Å². The van der Waals surface area contributed by atoms with Crippen LogP contribution in [0, 0.1) is 0 Å². The van der Waals surface area contributed by atoms with E-state index in [4.69, 9.17) is 24.0 Å². The zero-order chi connectivity index (χ0) is 12.7. The van der Waals surface area contributed by atoms with Gasteiger partial charge in [-0.2, -0.15) is 0 Å². The van der Waals surface area contributed by atoms with E-state index >= 15 is 0 Å². The van der Waals surface area contributed by atoms with Crippen LogP contribution in [-0.2, 0) is 14.1 Å². The van der Waals surface area contributed by atoms with Crippen LogP contribution in [0.15, 0.2) is 0 Å². The van der Waals surface area contributed by atoms with E-state index in [1.807, 2.05) is 0 Å². The number of hydrogen-bond donors (Lipinski definition) is 3. The van der Waals surface area contributed by atoms with Crippen molar-refractivity contribution < 1.29 is 33.3 Å². The Labute approximate surface area is 101 Å². The van der Waals surface area contributed by atoms with E-state index < -0.39 is 7.82 Å². The first-order valence-electron chi connectivity index (χ1n) is 4.14. The van der Waals surface area contributed by atoms with Crippen LogP contribution < -0.4 is 0 Å². The second-order valence-corrected chi connectivity index (χ2v) is 4.89. The van der Waals surface area contributed by atoms with E-state index in [0.29, 0.717) is 6.61 Å². The monoisotopic (exact) mass is 280 g/mol. The highest BCUT2D eigenvalue weighted by Gasteiger charge is 2.06. The van der Waals surface area contributed by atoms with Crippen molar-refractivity contribution in [3.8, 4) is 0 Å². The smallest absolute Gasteiger partial charge is 0.460 e. The van der Waals surface area contributed by atoms with Gasteiger partial charge in [-0.15, -0.1) is 12.4 Å².